The van der Waals surface area contributed by atoms with Gasteiger partial charge in [-0.05, 0) is 0 Å². The Kier molecular flexibility index (Phi) is 20.3. The highest BCUT2D eigenvalue weighted by molar-refractivity contribution is 7.53. The molecule has 0 radical (unpaired) electrons. The van der Waals surface area contributed by atoms with E-state index in [1.165, 1.54) is 21.1 Å². The lowest BCUT2D eigenvalue weighted by Gasteiger charge is -2.29. The molecule has 33 nitrogen and oxygen atoms in total. The number of phosphoric ester groups is 1. The molecule has 0 aliphatic carbocycles. The number of aliphatic hydroxyl groups excluding tert-OH is 2. The second-order valence-corrected chi connectivity index (χ2v) is 20.1. The van der Waals surface area contributed by atoms with E-state index in [2.05, 4.69) is 20.9 Å². The number of hydrogen-bond donors (Lipinski definition) is 9. The molecule has 3 aromatic heterocycles. The molecule has 0 bridgehead atoms. The molecule has 3 aliphatic rings. The van der Waals surface area contributed by atoms with Gasteiger partial charge < -0.3 is 64.0 Å². The smallest absolute Gasteiger partial charge is 0.394 e. The molecule has 0 saturated carbocycles. The summed E-state index contributed by atoms with van der Waals surface area (Å²) in [5.74, 6) is -1.43. The van der Waals surface area contributed by atoms with Crippen LogP contribution in [0, 0.1) is 0 Å². The van der Waals surface area contributed by atoms with Gasteiger partial charge >= 0.3 is 32.5 Å². The molecule has 6 rings (SSSR count). The van der Waals surface area contributed by atoms with Crippen molar-refractivity contribution in [1.29, 1.82) is 0 Å². The highest BCUT2D eigenvalue weighted by Crippen LogP contribution is 2.53. The molecule has 3 aliphatic heterocycles. The maximum Gasteiger partial charge on any atom is 0.472 e. The number of aromatic amines is 3. The maximum atomic E-state index is 14.4. The van der Waals surface area contributed by atoms with Crippen molar-refractivity contribution in [2.24, 2.45) is 0 Å². The SMILES string of the molecule is CNC(=O)CCOC1[C@@H](O)[C@@H](COP(=O)(O)O[C@@H]2C(OCCC(=O)NC)[C@H](n3ccc(=O)[nH]c3=O)O[C@@H]2COP(C)(=O)O[C@@H]2C(OCCC(=O)NC)[C@H](n3ccc(=O)[nH]c3=O)O[C@@H]2CO)O[C@H]1n1ccc(=O)[nH]c1=O. The zero-order valence-corrected chi connectivity index (χ0v) is 42.2. The van der Waals surface area contributed by atoms with Crippen molar-refractivity contribution in [2.45, 2.75) is 92.9 Å². The van der Waals surface area contributed by atoms with Gasteiger partial charge in [-0.25, -0.2) is 18.9 Å². The van der Waals surface area contributed by atoms with Gasteiger partial charge in [-0.3, -0.25) is 75.6 Å². The normalized spacial score (nSPS) is 28.1. The fourth-order valence-corrected chi connectivity index (χ4v) is 10.1. The second-order valence-electron chi connectivity index (χ2n) is 16.7. The first-order valence-corrected chi connectivity index (χ1v) is 26.3. The number of rotatable bonds is 26. The maximum absolute atomic E-state index is 14.4. The lowest BCUT2D eigenvalue weighted by Crippen LogP contribution is -2.41. The van der Waals surface area contributed by atoms with Crippen LogP contribution in [0.1, 0.15) is 37.9 Å². The van der Waals surface area contributed by atoms with Gasteiger partial charge in [0.05, 0.1) is 39.6 Å². The van der Waals surface area contributed by atoms with Crippen molar-refractivity contribution in [3.8, 4) is 0 Å². The zero-order valence-electron chi connectivity index (χ0n) is 40.4. The molecule has 416 valence electrons. The number of H-pyrrole nitrogens is 3. The largest absolute Gasteiger partial charge is 0.472 e. The molecule has 3 aromatic rings. The fraction of sp³-hybridized carbons (Fsp3) is 0.625. The van der Waals surface area contributed by atoms with Gasteiger partial charge in [0.2, 0.25) is 17.7 Å². The highest BCUT2D eigenvalue weighted by atomic mass is 31.2. The number of ether oxygens (including phenoxy) is 6. The molecular weight excluding hydrogens is 1050 g/mol. The Balaban J connectivity index is 1.28. The van der Waals surface area contributed by atoms with Crippen LogP contribution < -0.4 is 49.7 Å². The van der Waals surface area contributed by atoms with Gasteiger partial charge in [0, 0.05) is 83.9 Å². The Labute approximate surface area is 421 Å². The molecule has 3 saturated heterocycles. The fourth-order valence-electron chi connectivity index (χ4n) is 7.95. The quantitative estimate of drug-likeness (QED) is 0.0340. The number of nitrogens with zero attached hydrogens (tertiary/aromatic N) is 3. The van der Waals surface area contributed by atoms with E-state index >= 15 is 0 Å². The van der Waals surface area contributed by atoms with Crippen molar-refractivity contribution in [3.63, 3.8) is 0 Å². The van der Waals surface area contributed by atoms with Gasteiger partial charge in [0.15, 0.2) is 18.7 Å². The Hall–Kier alpha value is -5.61. The van der Waals surface area contributed by atoms with Gasteiger partial charge in [-0.15, -0.1) is 0 Å². The minimum atomic E-state index is -5.51. The van der Waals surface area contributed by atoms with Crippen LogP contribution in [0.25, 0.3) is 0 Å². The first-order chi connectivity index (χ1) is 35.6. The summed E-state index contributed by atoms with van der Waals surface area (Å²) in [6, 6.07) is 2.90. The van der Waals surface area contributed by atoms with Gasteiger partial charge in [0.1, 0.15) is 54.9 Å². The standard InChI is InChI=1S/C40H57N9O24P2/c1-41-23(51)8-14-64-32-29(57)21(70-35(32)47-11-5-26(54)44-38(47)58)18-68-75(62,63)73-31-22(71-37(34(31)66-16-10-25(53)43-3)49-13-7-28(56)46-40(49)60)19-67-74(4,61)72-30-20(17-50)69-36(33(30)65-15-9-24(52)42-2)48-12-6-27(55)45-39(48)59/h5-7,11-13,20-22,29-37,50,57H,8-10,14-19H2,1-4H3,(H,41,51)(H,42,52)(H,43,53)(H,62,63)(H,44,54,58)(H,45,55,59)(H,46,56,60)/t20-,21-,22-,29+,30+,31+,32?,33?,34?,35-,36-,37-,74?/m1/s1. The zero-order chi connectivity index (χ0) is 54.8. The number of nitrogens with one attached hydrogen (secondary N) is 6. The summed E-state index contributed by atoms with van der Waals surface area (Å²) in [6.45, 7) is -2.85. The molecule has 35 heteroatoms. The molecule has 0 spiro atoms. The van der Waals surface area contributed by atoms with Crippen molar-refractivity contribution in [3.05, 3.63) is 99.3 Å². The third-order valence-corrected chi connectivity index (χ3v) is 13.9. The predicted octanol–water partition coefficient (Wildman–Crippen LogP) is -5.03. The summed E-state index contributed by atoms with van der Waals surface area (Å²) in [6.07, 6.45) is -16.8. The van der Waals surface area contributed by atoms with E-state index < -0.39 is 167 Å². The van der Waals surface area contributed by atoms with E-state index in [1.54, 1.807) is 0 Å². The minimum absolute atomic E-state index is 0.199. The van der Waals surface area contributed by atoms with Gasteiger partial charge in [0.25, 0.3) is 16.7 Å². The van der Waals surface area contributed by atoms with Gasteiger partial charge in [-0.2, -0.15) is 0 Å². The van der Waals surface area contributed by atoms with Crippen LogP contribution in [0.2, 0.25) is 0 Å². The summed E-state index contributed by atoms with van der Waals surface area (Å²) in [7, 11) is -5.97. The Morgan fingerprint density at radius 3 is 1.37 bits per heavy atom. The van der Waals surface area contributed by atoms with E-state index in [1.807, 2.05) is 9.97 Å². The summed E-state index contributed by atoms with van der Waals surface area (Å²) in [5.41, 5.74) is -5.40. The first kappa shape index (κ1) is 58.6. The van der Waals surface area contributed by atoms with Crippen LogP contribution in [-0.2, 0) is 70.0 Å². The summed E-state index contributed by atoms with van der Waals surface area (Å²) >= 11 is 0. The number of carbonyl (C=O) groups excluding carboxylic acids is 3. The van der Waals surface area contributed by atoms with E-state index in [0.717, 1.165) is 57.2 Å². The van der Waals surface area contributed by atoms with Crippen LogP contribution in [0.4, 0.5) is 0 Å². The average Bonchev–Trinajstić information content (AvgIpc) is 3.98. The molecule has 9 N–H and O–H groups in total. The number of carbonyl (C=O) groups is 3. The van der Waals surface area contributed by atoms with Crippen LogP contribution in [0.5, 0.6) is 0 Å². The van der Waals surface area contributed by atoms with Gasteiger partial charge in [-0.1, -0.05) is 0 Å². The van der Waals surface area contributed by atoms with E-state index in [9.17, 15) is 67.4 Å². The Morgan fingerprint density at radius 1 is 0.587 bits per heavy atom. The molecular formula is C40H57N9O24P2. The van der Waals surface area contributed by atoms with Crippen molar-refractivity contribution >= 4 is 33.1 Å². The number of aliphatic hydroxyl groups is 2. The van der Waals surface area contributed by atoms with E-state index in [0.29, 0.717) is 0 Å². The third-order valence-electron chi connectivity index (χ3n) is 11.6. The van der Waals surface area contributed by atoms with Crippen molar-refractivity contribution < 1.29 is 85.1 Å². The molecule has 0 aromatic carbocycles. The van der Waals surface area contributed by atoms with Crippen LogP contribution in [-0.4, -0.2) is 184 Å². The summed E-state index contributed by atoms with van der Waals surface area (Å²) in [4.78, 5) is 128. The number of aromatic nitrogens is 6. The second kappa shape index (κ2) is 26.0. The van der Waals surface area contributed by atoms with E-state index in [4.69, 9.17) is 46.5 Å². The molecule has 5 unspecified atom stereocenters. The monoisotopic (exact) mass is 1110 g/mol. The highest BCUT2D eigenvalue weighted by Gasteiger charge is 2.54. The first-order valence-electron chi connectivity index (χ1n) is 22.8. The Morgan fingerprint density at radius 2 is 0.960 bits per heavy atom. The van der Waals surface area contributed by atoms with Crippen LogP contribution in [0.3, 0.4) is 0 Å². The molecule has 6 heterocycles. The van der Waals surface area contributed by atoms with Crippen LogP contribution >= 0.6 is 15.4 Å². The average molecular weight is 1110 g/mol. The van der Waals surface area contributed by atoms with Crippen molar-refractivity contribution in [1.82, 2.24) is 44.6 Å². The Bertz CT molecular complexity index is 2940. The number of hydrogen-bond acceptors (Lipinski definition) is 23. The lowest BCUT2D eigenvalue weighted by molar-refractivity contribution is -0.124. The van der Waals surface area contributed by atoms with Crippen molar-refractivity contribution in [2.75, 3.05) is 67.4 Å². The third kappa shape index (κ3) is 15.1. The van der Waals surface area contributed by atoms with Crippen LogP contribution in [0.15, 0.2) is 65.6 Å². The number of phosphoric acid groups is 1. The minimum Gasteiger partial charge on any atom is -0.394 e. The molecule has 75 heavy (non-hydrogen) atoms. The topological polar surface area (TPSA) is 439 Å². The molecule has 14 atom stereocenters. The summed E-state index contributed by atoms with van der Waals surface area (Å²) < 4.78 is 89.2. The lowest BCUT2D eigenvalue weighted by atomic mass is 10.1. The molecule has 3 fully saturated rings. The molecule has 3 amide bonds. The summed E-state index contributed by atoms with van der Waals surface area (Å²) in [5, 5.41) is 28.9. The predicted molar refractivity (Wildman–Crippen MR) is 249 cm³/mol. The van der Waals surface area contributed by atoms with E-state index in [-0.39, 0.29) is 32.5 Å². The number of amides is 3.